The number of hydrogen-bond donors (Lipinski definition) is 1. The molecule has 0 bridgehead atoms. The number of carbonyl (C=O) groups excluding carboxylic acids is 1. The fourth-order valence-electron chi connectivity index (χ4n) is 2.39. The normalized spacial score (nSPS) is 10.4. The lowest BCUT2D eigenvalue weighted by Crippen LogP contribution is -1.88. The molecule has 0 fully saturated rings. The maximum absolute atomic E-state index is 11.3. The highest BCUT2D eigenvalue weighted by Gasteiger charge is 2.16. The fraction of sp³-hybridized carbons (Fsp3) is 0.0556. The molecule has 22 heavy (non-hydrogen) atoms. The van der Waals surface area contributed by atoms with Crippen molar-refractivity contribution in [3.05, 3.63) is 60.6 Å². The molecule has 0 aliphatic heterocycles. The molecule has 0 unspecified atom stereocenters. The first-order chi connectivity index (χ1) is 10.7. The largest absolute Gasteiger partial charge is 0.497 e. The number of ether oxygens (including phenoxy) is 1. The van der Waals surface area contributed by atoms with Crippen molar-refractivity contribution in [1.29, 1.82) is 0 Å². The van der Waals surface area contributed by atoms with Crippen LogP contribution in [-0.2, 0) is 0 Å². The number of benzene rings is 2. The maximum Gasteiger partial charge on any atom is 0.185 e. The van der Waals surface area contributed by atoms with Crippen molar-refractivity contribution in [1.82, 2.24) is 0 Å². The van der Waals surface area contributed by atoms with Gasteiger partial charge in [0.2, 0.25) is 0 Å². The van der Waals surface area contributed by atoms with Crippen molar-refractivity contribution in [3.63, 3.8) is 0 Å². The summed E-state index contributed by atoms with van der Waals surface area (Å²) in [6.07, 6.45) is 2.32. The number of anilines is 1. The van der Waals surface area contributed by atoms with Crippen molar-refractivity contribution in [2.24, 2.45) is 0 Å². The Labute approximate surface area is 128 Å². The van der Waals surface area contributed by atoms with Gasteiger partial charge in [0.1, 0.15) is 5.75 Å². The lowest BCUT2D eigenvalue weighted by atomic mass is 9.97. The molecule has 3 aromatic rings. The molecule has 0 atom stereocenters. The SMILES string of the molecule is COc1ccc(-c2coc(C=O)c2-c2ccc(N)cc2)cc1. The zero-order chi connectivity index (χ0) is 15.5. The highest BCUT2D eigenvalue weighted by molar-refractivity contribution is 5.94. The van der Waals surface area contributed by atoms with Crippen LogP contribution in [0.15, 0.2) is 59.2 Å². The van der Waals surface area contributed by atoms with E-state index >= 15 is 0 Å². The minimum absolute atomic E-state index is 0.301. The molecule has 4 nitrogen and oxygen atoms in total. The second-order valence-electron chi connectivity index (χ2n) is 4.86. The smallest absolute Gasteiger partial charge is 0.185 e. The van der Waals surface area contributed by atoms with Crippen LogP contribution in [0.25, 0.3) is 22.3 Å². The molecular weight excluding hydrogens is 278 g/mol. The second kappa shape index (κ2) is 5.77. The van der Waals surface area contributed by atoms with Gasteiger partial charge in [-0.1, -0.05) is 24.3 Å². The number of aldehydes is 1. The molecule has 110 valence electrons. The summed E-state index contributed by atoms with van der Waals surface area (Å²) in [5, 5.41) is 0. The van der Waals surface area contributed by atoms with E-state index in [1.807, 2.05) is 36.4 Å². The molecule has 0 saturated carbocycles. The molecule has 0 radical (unpaired) electrons. The molecule has 3 rings (SSSR count). The molecule has 2 aromatic carbocycles. The Morgan fingerprint density at radius 2 is 1.64 bits per heavy atom. The van der Waals surface area contributed by atoms with Crippen LogP contribution in [0.4, 0.5) is 5.69 Å². The van der Waals surface area contributed by atoms with Crippen molar-refractivity contribution in [2.75, 3.05) is 12.8 Å². The monoisotopic (exact) mass is 293 g/mol. The summed E-state index contributed by atoms with van der Waals surface area (Å²) >= 11 is 0. The highest BCUT2D eigenvalue weighted by Crippen LogP contribution is 2.36. The maximum atomic E-state index is 11.3. The van der Waals surface area contributed by atoms with Gasteiger partial charge in [-0.3, -0.25) is 4.79 Å². The average molecular weight is 293 g/mol. The van der Waals surface area contributed by atoms with Gasteiger partial charge in [0.15, 0.2) is 12.0 Å². The molecule has 0 aliphatic carbocycles. The number of hydrogen-bond acceptors (Lipinski definition) is 4. The van der Waals surface area contributed by atoms with Crippen LogP contribution < -0.4 is 10.5 Å². The van der Waals surface area contributed by atoms with Crippen LogP contribution in [0.5, 0.6) is 5.75 Å². The van der Waals surface area contributed by atoms with Gasteiger partial charge in [-0.15, -0.1) is 0 Å². The topological polar surface area (TPSA) is 65.5 Å². The molecule has 0 saturated heterocycles. The third-order valence-corrected chi connectivity index (χ3v) is 3.53. The van der Waals surface area contributed by atoms with Gasteiger partial charge in [0.25, 0.3) is 0 Å². The van der Waals surface area contributed by atoms with E-state index in [4.69, 9.17) is 14.9 Å². The van der Waals surface area contributed by atoms with Crippen molar-refractivity contribution >= 4 is 12.0 Å². The Balaban J connectivity index is 2.13. The first-order valence-corrected chi connectivity index (χ1v) is 6.80. The van der Waals surface area contributed by atoms with E-state index in [1.54, 1.807) is 25.5 Å². The summed E-state index contributed by atoms with van der Waals surface area (Å²) in [6, 6.07) is 15.0. The predicted molar refractivity (Wildman–Crippen MR) is 85.9 cm³/mol. The number of methoxy groups -OCH3 is 1. The standard InChI is InChI=1S/C18H15NO3/c1-21-15-8-4-12(5-9-15)16-11-22-17(10-20)18(16)13-2-6-14(19)7-3-13/h2-11H,19H2,1H3. The van der Waals surface area contributed by atoms with E-state index in [9.17, 15) is 4.79 Å². The minimum atomic E-state index is 0.301. The van der Waals surface area contributed by atoms with Crippen molar-refractivity contribution in [2.45, 2.75) is 0 Å². The van der Waals surface area contributed by atoms with Gasteiger partial charge in [-0.25, -0.2) is 0 Å². The Morgan fingerprint density at radius 1 is 1.00 bits per heavy atom. The van der Waals surface area contributed by atoms with Gasteiger partial charge in [-0.2, -0.15) is 0 Å². The Hall–Kier alpha value is -3.01. The van der Waals surface area contributed by atoms with Crippen molar-refractivity contribution < 1.29 is 13.9 Å². The van der Waals surface area contributed by atoms with Gasteiger partial charge in [-0.05, 0) is 35.4 Å². The van der Waals surface area contributed by atoms with Crippen LogP contribution >= 0.6 is 0 Å². The molecule has 1 heterocycles. The van der Waals surface area contributed by atoms with Crippen LogP contribution in [0.2, 0.25) is 0 Å². The number of nitrogens with two attached hydrogens (primary N) is 1. The lowest BCUT2D eigenvalue weighted by molar-refractivity contribution is 0.110. The summed E-state index contributed by atoms with van der Waals surface area (Å²) in [6.45, 7) is 0. The van der Waals surface area contributed by atoms with Gasteiger partial charge >= 0.3 is 0 Å². The van der Waals surface area contributed by atoms with Crippen LogP contribution in [0, 0.1) is 0 Å². The lowest BCUT2D eigenvalue weighted by Gasteiger charge is -2.06. The summed E-state index contributed by atoms with van der Waals surface area (Å²) in [5.41, 5.74) is 9.85. The van der Waals surface area contributed by atoms with E-state index in [-0.39, 0.29) is 0 Å². The molecule has 0 spiro atoms. The van der Waals surface area contributed by atoms with Gasteiger partial charge < -0.3 is 14.9 Å². The van der Waals surface area contributed by atoms with Crippen LogP contribution in [0.3, 0.4) is 0 Å². The summed E-state index contributed by atoms with van der Waals surface area (Å²) in [7, 11) is 1.62. The first-order valence-electron chi connectivity index (χ1n) is 6.80. The third-order valence-electron chi connectivity index (χ3n) is 3.53. The summed E-state index contributed by atoms with van der Waals surface area (Å²) < 4.78 is 10.6. The first kappa shape index (κ1) is 13.9. The van der Waals surface area contributed by atoms with E-state index in [0.717, 1.165) is 34.3 Å². The molecule has 0 amide bonds. The Morgan fingerprint density at radius 3 is 2.23 bits per heavy atom. The summed E-state index contributed by atoms with van der Waals surface area (Å²) in [5.74, 6) is 1.08. The molecule has 0 aliphatic rings. The molecule has 2 N–H and O–H groups in total. The summed E-state index contributed by atoms with van der Waals surface area (Å²) in [4.78, 5) is 11.3. The van der Waals surface area contributed by atoms with Crippen LogP contribution in [-0.4, -0.2) is 13.4 Å². The number of furan rings is 1. The number of carbonyl (C=O) groups is 1. The van der Waals surface area contributed by atoms with E-state index < -0.39 is 0 Å². The zero-order valence-corrected chi connectivity index (χ0v) is 12.1. The van der Waals surface area contributed by atoms with E-state index in [2.05, 4.69) is 0 Å². The molecule has 1 aromatic heterocycles. The predicted octanol–water partition coefficient (Wildman–Crippen LogP) is 4.02. The number of rotatable bonds is 4. The Kier molecular flexibility index (Phi) is 3.66. The average Bonchev–Trinajstić information content (AvgIpc) is 2.99. The highest BCUT2D eigenvalue weighted by atomic mass is 16.5. The quantitative estimate of drug-likeness (QED) is 0.583. The number of nitrogen functional groups attached to an aromatic ring is 1. The zero-order valence-electron chi connectivity index (χ0n) is 12.1. The fourth-order valence-corrected chi connectivity index (χ4v) is 2.39. The second-order valence-corrected chi connectivity index (χ2v) is 4.86. The van der Waals surface area contributed by atoms with E-state index in [0.29, 0.717) is 11.4 Å². The van der Waals surface area contributed by atoms with Gasteiger partial charge in [0.05, 0.1) is 13.4 Å². The molecular formula is C18H15NO3. The van der Waals surface area contributed by atoms with Crippen LogP contribution in [0.1, 0.15) is 10.6 Å². The third kappa shape index (κ3) is 2.46. The molecule has 4 heteroatoms. The van der Waals surface area contributed by atoms with E-state index in [1.165, 1.54) is 0 Å². The van der Waals surface area contributed by atoms with Crippen molar-refractivity contribution in [3.8, 4) is 28.0 Å². The van der Waals surface area contributed by atoms with Gasteiger partial charge in [0, 0.05) is 16.8 Å². The minimum Gasteiger partial charge on any atom is -0.497 e. The Bertz CT molecular complexity index is 786.